The summed E-state index contributed by atoms with van der Waals surface area (Å²) in [7, 11) is -3.78. The molecule has 3 rings (SSSR count). The van der Waals surface area contributed by atoms with Crippen LogP contribution in [-0.4, -0.2) is 28.0 Å². The van der Waals surface area contributed by atoms with Crippen LogP contribution in [0, 0.1) is 0 Å². The molecule has 1 N–H and O–H groups in total. The average Bonchev–Trinajstić information content (AvgIpc) is 2.97. The molecule has 0 aliphatic carbocycles. The molecule has 0 aliphatic heterocycles. The molecule has 10 heteroatoms. The number of thiazole rings is 1. The highest BCUT2D eigenvalue weighted by Crippen LogP contribution is 2.25. The summed E-state index contributed by atoms with van der Waals surface area (Å²) in [5, 5.41) is 9.10. The van der Waals surface area contributed by atoms with Gasteiger partial charge < -0.3 is 0 Å². The highest BCUT2D eigenvalue weighted by atomic mass is 35.5. The van der Waals surface area contributed by atoms with Crippen LogP contribution >= 0.6 is 22.9 Å². The molecule has 20 heavy (non-hydrogen) atoms. The Morgan fingerprint density at radius 2 is 2.30 bits per heavy atom. The summed E-state index contributed by atoms with van der Waals surface area (Å²) < 4.78 is 28.5. The summed E-state index contributed by atoms with van der Waals surface area (Å²) in [4.78, 5) is 4.52. The number of halogens is 1. The van der Waals surface area contributed by atoms with E-state index < -0.39 is 10.0 Å². The van der Waals surface area contributed by atoms with E-state index in [-0.39, 0.29) is 16.7 Å². The zero-order valence-electron chi connectivity index (χ0n) is 9.89. The smallest absolute Gasteiger partial charge is 0.260 e. The molecule has 3 aromatic heterocycles. The number of nitrogens with one attached hydrogen (secondary N) is 1. The Balaban J connectivity index is 1.92. The lowest BCUT2D eigenvalue weighted by Crippen LogP contribution is -2.25. The molecule has 3 aromatic rings. The molecule has 3 heterocycles. The maximum Gasteiger partial charge on any atom is 0.260 e. The Labute approximate surface area is 123 Å². The number of hydrogen-bond acceptors (Lipinski definition) is 6. The number of hydrogen-bond donors (Lipinski definition) is 1. The summed E-state index contributed by atoms with van der Waals surface area (Å²) in [6.07, 6.45) is 3.12. The first-order valence-electron chi connectivity index (χ1n) is 5.45. The van der Waals surface area contributed by atoms with E-state index in [2.05, 4.69) is 19.9 Å². The van der Waals surface area contributed by atoms with Crippen LogP contribution in [0.15, 0.2) is 34.9 Å². The maximum absolute atomic E-state index is 12.3. The number of nitrogens with zero attached hydrogens (tertiary/aromatic N) is 4. The van der Waals surface area contributed by atoms with Gasteiger partial charge in [-0.05, 0) is 12.1 Å². The van der Waals surface area contributed by atoms with Gasteiger partial charge in [0.25, 0.3) is 10.0 Å². The Kier molecular flexibility index (Phi) is 3.42. The Morgan fingerprint density at radius 1 is 1.45 bits per heavy atom. The van der Waals surface area contributed by atoms with Gasteiger partial charge in [0.15, 0.2) is 15.1 Å². The minimum absolute atomic E-state index is 0.0316. The lowest BCUT2D eigenvalue weighted by molar-refractivity contribution is 0.575. The fourth-order valence-corrected chi connectivity index (χ4v) is 4.09. The van der Waals surface area contributed by atoms with Crippen molar-refractivity contribution in [3.63, 3.8) is 0 Å². The molecule has 104 valence electrons. The van der Waals surface area contributed by atoms with Gasteiger partial charge in [0.1, 0.15) is 0 Å². The molecule has 0 amide bonds. The molecule has 0 saturated heterocycles. The Hall–Kier alpha value is -1.55. The van der Waals surface area contributed by atoms with Crippen molar-refractivity contribution in [2.45, 2.75) is 11.6 Å². The first kappa shape index (κ1) is 13.4. The second-order valence-electron chi connectivity index (χ2n) is 3.80. The molecule has 0 spiro atoms. The topological polar surface area (TPSA) is 89.2 Å². The molecular formula is C10H8ClN5O2S2. The highest BCUT2D eigenvalue weighted by molar-refractivity contribution is 7.89. The SMILES string of the molecule is O=S(=O)(NCc1cccnn1)c1c(Cl)nc2sccn12. The second kappa shape index (κ2) is 5.09. The van der Waals surface area contributed by atoms with Crippen LogP contribution < -0.4 is 4.72 Å². The van der Waals surface area contributed by atoms with E-state index in [1.807, 2.05) is 0 Å². The lowest BCUT2D eigenvalue weighted by Gasteiger charge is -2.05. The fraction of sp³-hybridized carbons (Fsp3) is 0.100. The third-order valence-electron chi connectivity index (χ3n) is 2.50. The van der Waals surface area contributed by atoms with Crippen LogP contribution in [0.3, 0.4) is 0 Å². The Morgan fingerprint density at radius 3 is 3.05 bits per heavy atom. The van der Waals surface area contributed by atoms with Gasteiger partial charge in [0, 0.05) is 17.8 Å². The van der Waals surface area contributed by atoms with Crippen molar-refractivity contribution in [1.82, 2.24) is 24.3 Å². The van der Waals surface area contributed by atoms with Gasteiger partial charge in [0.2, 0.25) is 0 Å². The summed E-state index contributed by atoms with van der Waals surface area (Å²) in [6, 6.07) is 3.35. The molecular weight excluding hydrogens is 322 g/mol. The lowest BCUT2D eigenvalue weighted by atomic mass is 10.4. The summed E-state index contributed by atoms with van der Waals surface area (Å²) in [5.74, 6) is 0. The van der Waals surface area contributed by atoms with E-state index >= 15 is 0 Å². The first-order chi connectivity index (χ1) is 9.58. The molecule has 0 fully saturated rings. The van der Waals surface area contributed by atoms with E-state index in [0.717, 1.165) is 0 Å². The number of rotatable bonds is 4. The summed E-state index contributed by atoms with van der Waals surface area (Å²) in [6.45, 7) is 0.0316. The zero-order chi connectivity index (χ0) is 14.2. The largest absolute Gasteiger partial charge is 0.279 e. The van der Waals surface area contributed by atoms with Gasteiger partial charge in [-0.1, -0.05) is 11.6 Å². The molecule has 0 radical (unpaired) electrons. The van der Waals surface area contributed by atoms with Crippen molar-refractivity contribution in [2.75, 3.05) is 0 Å². The van der Waals surface area contributed by atoms with E-state index in [1.165, 1.54) is 21.9 Å². The minimum Gasteiger partial charge on any atom is -0.279 e. The predicted molar refractivity (Wildman–Crippen MR) is 74.1 cm³/mol. The van der Waals surface area contributed by atoms with Crippen molar-refractivity contribution in [1.29, 1.82) is 0 Å². The summed E-state index contributed by atoms with van der Waals surface area (Å²) >= 11 is 7.21. The van der Waals surface area contributed by atoms with Crippen LogP contribution in [0.4, 0.5) is 0 Å². The van der Waals surface area contributed by atoms with Gasteiger partial charge in [-0.2, -0.15) is 10.2 Å². The molecule has 0 unspecified atom stereocenters. The normalized spacial score (nSPS) is 12.1. The van der Waals surface area contributed by atoms with Crippen molar-refractivity contribution < 1.29 is 8.42 Å². The van der Waals surface area contributed by atoms with E-state index in [4.69, 9.17) is 11.6 Å². The van der Waals surface area contributed by atoms with Gasteiger partial charge in [-0.3, -0.25) is 4.40 Å². The Bertz CT molecular complexity index is 843. The van der Waals surface area contributed by atoms with Crippen molar-refractivity contribution in [3.05, 3.63) is 40.8 Å². The third-order valence-corrected chi connectivity index (χ3v) is 5.06. The van der Waals surface area contributed by atoms with Gasteiger partial charge in [-0.25, -0.2) is 18.1 Å². The molecule has 0 bridgehead atoms. The average molecular weight is 330 g/mol. The van der Waals surface area contributed by atoms with E-state index in [9.17, 15) is 8.42 Å². The number of sulfonamides is 1. The molecule has 7 nitrogen and oxygen atoms in total. The van der Waals surface area contributed by atoms with Crippen molar-refractivity contribution >= 4 is 37.9 Å². The number of aromatic nitrogens is 4. The third kappa shape index (κ3) is 2.40. The van der Waals surface area contributed by atoms with E-state index in [0.29, 0.717) is 10.7 Å². The zero-order valence-corrected chi connectivity index (χ0v) is 12.3. The number of imidazole rings is 1. The van der Waals surface area contributed by atoms with Gasteiger partial charge in [-0.15, -0.1) is 11.3 Å². The molecule has 0 saturated carbocycles. The quantitative estimate of drug-likeness (QED) is 0.779. The van der Waals surface area contributed by atoms with Crippen LogP contribution in [-0.2, 0) is 16.6 Å². The maximum atomic E-state index is 12.3. The van der Waals surface area contributed by atoms with Gasteiger partial charge >= 0.3 is 0 Å². The standard InChI is InChI=1S/C10H8ClN5O2S2/c11-8-9(16-4-5-19-10(16)14-8)20(17,18)13-6-7-2-1-3-12-15-7/h1-5,13H,6H2. The second-order valence-corrected chi connectivity index (χ2v) is 6.72. The van der Waals surface area contributed by atoms with Gasteiger partial charge in [0.05, 0.1) is 12.2 Å². The van der Waals surface area contributed by atoms with Crippen molar-refractivity contribution in [3.8, 4) is 0 Å². The fourth-order valence-electron chi connectivity index (χ4n) is 1.64. The highest BCUT2D eigenvalue weighted by Gasteiger charge is 2.24. The molecule has 0 aliphatic rings. The molecule has 0 aromatic carbocycles. The van der Waals surface area contributed by atoms with Crippen LogP contribution in [0.25, 0.3) is 4.96 Å². The minimum atomic E-state index is -3.78. The number of fused-ring (bicyclic) bond motifs is 1. The van der Waals surface area contributed by atoms with E-state index in [1.54, 1.807) is 23.7 Å². The van der Waals surface area contributed by atoms with Crippen molar-refractivity contribution in [2.24, 2.45) is 0 Å². The van der Waals surface area contributed by atoms with Crippen LogP contribution in [0.1, 0.15) is 5.69 Å². The monoisotopic (exact) mass is 329 g/mol. The van der Waals surface area contributed by atoms with Crippen LogP contribution in [0.2, 0.25) is 5.15 Å². The summed E-state index contributed by atoms with van der Waals surface area (Å²) in [5.41, 5.74) is 0.512. The first-order valence-corrected chi connectivity index (χ1v) is 8.19. The molecule has 0 atom stereocenters. The van der Waals surface area contributed by atoms with Crippen LogP contribution in [0.5, 0.6) is 0 Å². The predicted octanol–water partition coefficient (Wildman–Crippen LogP) is 1.32.